The Morgan fingerprint density at radius 3 is 2.33 bits per heavy atom. The molecular weight excluding hydrogens is 375 g/mol. The van der Waals surface area contributed by atoms with Crippen molar-refractivity contribution in [3.8, 4) is 5.88 Å². The molecule has 1 heterocycles. The van der Waals surface area contributed by atoms with Crippen molar-refractivity contribution in [1.82, 2.24) is 9.78 Å². The second-order valence-electron chi connectivity index (χ2n) is 6.65. The lowest BCUT2D eigenvalue weighted by Crippen LogP contribution is -2.26. The lowest BCUT2D eigenvalue weighted by molar-refractivity contribution is -0.140. The van der Waals surface area contributed by atoms with E-state index in [1.807, 2.05) is 13.8 Å². The molecule has 0 radical (unpaired) electrons. The molecule has 0 aromatic carbocycles. The first-order valence-electron chi connectivity index (χ1n) is 9.02. The van der Waals surface area contributed by atoms with Gasteiger partial charge in [-0.2, -0.15) is 13.2 Å². The molecule has 2 saturated carbocycles. The van der Waals surface area contributed by atoms with E-state index in [1.54, 1.807) is 0 Å². The third-order valence-electron chi connectivity index (χ3n) is 4.67. The smallest absolute Gasteiger partial charge is 0.424 e. The molecule has 2 fully saturated rings. The van der Waals surface area contributed by atoms with Gasteiger partial charge in [0.1, 0.15) is 6.10 Å². The predicted molar refractivity (Wildman–Crippen MR) is 86.1 cm³/mol. The molecule has 0 spiro atoms. The number of aromatic carboxylic acids is 1. The molecule has 5 nitrogen and oxygen atoms in total. The second-order valence-corrected chi connectivity index (χ2v) is 6.65. The Hall–Kier alpha value is -1.87. The molecule has 3 rings (SSSR count). The number of alkyl halides is 5. The fourth-order valence-electron chi connectivity index (χ4n) is 3.22. The Morgan fingerprint density at radius 2 is 1.93 bits per heavy atom. The van der Waals surface area contributed by atoms with Crippen molar-refractivity contribution in [1.29, 1.82) is 0 Å². The summed E-state index contributed by atoms with van der Waals surface area (Å²) in [4.78, 5) is 11.4. The molecule has 0 saturated heterocycles. The molecule has 1 aromatic heterocycles. The maximum absolute atomic E-state index is 13.4. The summed E-state index contributed by atoms with van der Waals surface area (Å²) in [5.41, 5.74) is -2.51. The molecule has 0 aliphatic heterocycles. The number of halogens is 5. The lowest BCUT2D eigenvalue weighted by Gasteiger charge is -2.25. The van der Waals surface area contributed by atoms with Gasteiger partial charge in [0.25, 0.3) is 0 Å². The number of hydrogen-bond acceptors (Lipinski definition) is 3. The molecule has 1 aromatic rings. The molecule has 0 amide bonds. The van der Waals surface area contributed by atoms with Crippen molar-refractivity contribution < 1.29 is 36.6 Å². The molecule has 1 atom stereocenters. The van der Waals surface area contributed by atoms with Gasteiger partial charge in [0.05, 0.1) is 0 Å². The first-order chi connectivity index (χ1) is 12.6. The third-order valence-corrected chi connectivity index (χ3v) is 4.67. The topological polar surface area (TPSA) is 64.3 Å². The average Bonchev–Trinajstić information content (AvgIpc) is 3.05. The SMILES string of the molecule is CC.O=C(O)c1c(C(F)(F)F)c(OC2CCC2)nn1CC1CCC(F)(F)C1. The van der Waals surface area contributed by atoms with E-state index in [0.717, 1.165) is 6.42 Å². The van der Waals surface area contributed by atoms with Crippen LogP contribution in [0.5, 0.6) is 5.88 Å². The van der Waals surface area contributed by atoms with Gasteiger partial charge in [-0.1, -0.05) is 13.8 Å². The molecule has 0 bridgehead atoms. The van der Waals surface area contributed by atoms with E-state index in [9.17, 15) is 31.9 Å². The number of carboxylic acid groups (broad SMARTS) is 1. The minimum atomic E-state index is -4.97. The normalized spacial score (nSPS) is 22.0. The van der Waals surface area contributed by atoms with E-state index in [0.29, 0.717) is 17.5 Å². The van der Waals surface area contributed by atoms with Gasteiger partial charge in [-0.15, -0.1) is 5.10 Å². The van der Waals surface area contributed by atoms with Gasteiger partial charge in [0.15, 0.2) is 11.3 Å². The van der Waals surface area contributed by atoms with Gasteiger partial charge in [-0.25, -0.2) is 13.6 Å². The molecule has 1 unspecified atom stereocenters. The summed E-state index contributed by atoms with van der Waals surface area (Å²) in [5, 5.41) is 12.9. The Kier molecular flexibility index (Phi) is 6.36. The number of hydrogen-bond donors (Lipinski definition) is 1. The lowest BCUT2D eigenvalue weighted by atomic mass is 9.96. The first kappa shape index (κ1) is 21.4. The fourth-order valence-corrected chi connectivity index (χ4v) is 3.22. The molecule has 27 heavy (non-hydrogen) atoms. The van der Waals surface area contributed by atoms with Crippen LogP contribution in [0.25, 0.3) is 0 Å². The Labute approximate surface area is 153 Å². The third kappa shape index (κ3) is 4.90. The highest BCUT2D eigenvalue weighted by Gasteiger charge is 2.46. The van der Waals surface area contributed by atoms with Crippen LogP contribution in [0, 0.1) is 5.92 Å². The summed E-state index contributed by atoms with van der Waals surface area (Å²) in [6.45, 7) is 3.69. The van der Waals surface area contributed by atoms with E-state index < -0.39 is 53.6 Å². The monoisotopic (exact) mass is 398 g/mol. The van der Waals surface area contributed by atoms with Gasteiger partial charge in [0, 0.05) is 19.4 Å². The first-order valence-corrected chi connectivity index (χ1v) is 9.02. The van der Waals surface area contributed by atoms with Crippen LogP contribution in [0.1, 0.15) is 68.4 Å². The fraction of sp³-hybridized carbons (Fsp3) is 0.765. The van der Waals surface area contributed by atoms with Crippen molar-refractivity contribution in [3.63, 3.8) is 0 Å². The number of ether oxygens (including phenoxy) is 1. The van der Waals surface area contributed by atoms with E-state index >= 15 is 0 Å². The predicted octanol–water partition coefficient (Wildman–Crippen LogP) is 4.99. The zero-order chi connectivity index (χ0) is 20.4. The summed E-state index contributed by atoms with van der Waals surface area (Å²) >= 11 is 0. The van der Waals surface area contributed by atoms with Crippen LogP contribution >= 0.6 is 0 Å². The van der Waals surface area contributed by atoms with Crippen molar-refractivity contribution in [2.45, 2.75) is 77.1 Å². The van der Waals surface area contributed by atoms with E-state index in [-0.39, 0.29) is 19.4 Å². The van der Waals surface area contributed by atoms with Gasteiger partial charge < -0.3 is 9.84 Å². The van der Waals surface area contributed by atoms with Crippen molar-refractivity contribution in [2.24, 2.45) is 5.92 Å². The number of carbonyl (C=O) groups is 1. The number of nitrogens with zero attached hydrogens (tertiary/aromatic N) is 2. The standard InChI is InChI=1S/C15H17F5N2O3.C2H6/c16-14(17)5-4-8(6-14)7-22-11(13(23)24)10(15(18,19)20)12(21-22)25-9-2-1-3-9;1-2/h8-9H,1-7H2,(H,23,24);1-2H3. The van der Waals surface area contributed by atoms with Crippen molar-refractivity contribution >= 4 is 5.97 Å². The van der Waals surface area contributed by atoms with Crippen LogP contribution in [0.4, 0.5) is 22.0 Å². The Balaban J connectivity index is 0.00000126. The van der Waals surface area contributed by atoms with Crippen LogP contribution in [0.15, 0.2) is 0 Å². The largest absolute Gasteiger partial charge is 0.477 e. The van der Waals surface area contributed by atoms with Crippen molar-refractivity contribution in [2.75, 3.05) is 0 Å². The van der Waals surface area contributed by atoms with Gasteiger partial charge in [-0.05, 0) is 31.6 Å². The summed E-state index contributed by atoms with van der Waals surface area (Å²) in [6, 6.07) is 0. The molecule has 2 aliphatic carbocycles. The Bertz CT molecular complexity index is 668. The van der Waals surface area contributed by atoms with Crippen LogP contribution in [-0.4, -0.2) is 32.9 Å². The van der Waals surface area contributed by atoms with E-state index in [1.165, 1.54) is 0 Å². The minimum Gasteiger partial charge on any atom is -0.477 e. The second kappa shape index (κ2) is 8.02. The van der Waals surface area contributed by atoms with E-state index in [2.05, 4.69) is 5.10 Å². The highest BCUT2D eigenvalue weighted by molar-refractivity contribution is 5.88. The molecule has 10 heteroatoms. The number of aromatic nitrogens is 2. The molecule has 1 N–H and O–H groups in total. The maximum Gasteiger partial charge on any atom is 0.424 e. The highest BCUT2D eigenvalue weighted by atomic mass is 19.4. The minimum absolute atomic E-state index is 0.103. The number of carboxylic acids is 1. The summed E-state index contributed by atoms with van der Waals surface area (Å²) in [7, 11) is 0. The summed E-state index contributed by atoms with van der Waals surface area (Å²) in [6.07, 6.45) is -4.19. The quantitative estimate of drug-likeness (QED) is 0.710. The molecular formula is C17H23F5N2O3. The van der Waals surface area contributed by atoms with Crippen LogP contribution in [0.2, 0.25) is 0 Å². The summed E-state index contributed by atoms with van der Waals surface area (Å²) < 4.78 is 72.6. The van der Waals surface area contributed by atoms with Crippen molar-refractivity contribution in [3.05, 3.63) is 11.3 Å². The van der Waals surface area contributed by atoms with Crippen LogP contribution in [0.3, 0.4) is 0 Å². The average molecular weight is 398 g/mol. The Morgan fingerprint density at radius 1 is 1.30 bits per heavy atom. The zero-order valence-corrected chi connectivity index (χ0v) is 15.2. The zero-order valence-electron chi connectivity index (χ0n) is 15.2. The van der Waals surface area contributed by atoms with Crippen LogP contribution < -0.4 is 4.74 Å². The molecule has 2 aliphatic rings. The molecule has 154 valence electrons. The highest BCUT2D eigenvalue weighted by Crippen LogP contribution is 2.43. The summed E-state index contributed by atoms with van der Waals surface area (Å²) in [5.74, 6) is -6.10. The maximum atomic E-state index is 13.4. The van der Waals surface area contributed by atoms with Gasteiger partial charge in [-0.3, -0.25) is 4.68 Å². The van der Waals surface area contributed by atoms with Gasteiger partial charge in [0.2, 0.25) is 11.8 Å². The van der Waals surface area contributed by atoms with Crippen LogP contribution in [-0.2, 0) is 12.7 Å². The van der Waals surface area contributed by atoms with E-state index in [4.69, 9.17) is 4.74 Å². The van der Waals surface area contributed by atoms with Gasteiger partial charge >= 0.3 is 12.1 Å². The number of rotatable bonds is 5.